The summed E-state index contributed by atoms with van der Waals surface area (Å²) in [6, 6.07) is 21.7. The number of benzene rings is 3. The normalized spacial score (nSPS) is 14.2. The number of amidine groups is 1. The highest BCUT2D eigenvalue weighted by molar-refractivity contribution is 6.04. The van der Waals surface area contributed by atoms with Crippen molar-refractivity contribution in [3.63, 3.8) is 0 Å². The first kappa shape index (κ1) is 27.9. The first-order valence-electron chi connectivity index (χ1n) is 13.5. The number of fused-ring (bicyclic) bond motifs is 1. The smallest absolute Gasteiger partial charge is 0.413 e. The van der Waals surface area contributed by atoms with Crippen LogP contribution in [-0.4, -0.2) is 36.6 Å². The first-order valence-corrected chi connectivity index (χ1v) is 13.5. The molecule has 0 bridgehead atoms. The molecule has 2 amide bonds. The topological polar surface area (TPSA) is 101 Å². The lowest BCUT2D eigenvalue weighted by Crippen LogP contribution is -2.36. The molecule has 0 aromatic heterocycles. The lowest BCUT2D eigenvalue weighted by molar-refractivity contribution is 0.0563. The molecule has 0 saturated heterocycles. The fraction of sp³-hybridized carbons (Fsp3) is 0.344. The molecule has 1 aliphatic heterocycles. The molecule has 7 heteroatoms. The quantitative estimate of drug-likeness (QED) is 0.231. The van der Waals surface area contributed by atoms with Crippen molar-refractivity contribution in [2.45, 2.75) is 58.5 Å². The van der Waals surface area contributed by atoms with E-state index < -0.39 is 11.7 Å². The predicted molar refractivity (Wildman–Crippen MR) is 154 cm³/mol. The number of carbonyl (C=O) groups excluding carboxylic acids is 2. The van der Waals surface area contributed by atoms with E-state index in [0.29, 0.717) is 30.7 Å². The van der Waals surface area contributed by atoms with E-state index in [2.05, 4.69) is 41.8 Å². The molecule has 1 atom stereocenters. The molecule has 1 heterocycles. The van der Waals surface area contributed by atoms with Gasteiger partial charge in [0.2, 0.25) is 0 Å². The molecule has 39 heavy (non-hydrogen) atoms. The zero-order valence-electron chi connectivity index (χ0n) is 23.1. The van der Waals surface area contributed by atoms with Crippen molar-refractivity contribution in [1.82, 2.24) is 10.6 Å². The van der Waals surface area contributed by atoms with Crippen LogP contribution in [0, 0.1) is 5.41 Å². The second-order valence-corrected chi connectivity index (χ2v) is 10.8. The molecule has 0 saturated carbocycles. The van der Waals surface area contributed by atoms with Crippen LogP contribution in [0.4, 0.5) is 4.79 Å². The van der Waals surface area contributed by atoms with Gasteiger partial charge in [0.15, 0.2) is 0 Å². The number of nitrogens with one attached hydrogen (secondary N) is 3. The number of rotatable bonds is 8. The summed E-state index contributed by atoms with van der Waals surface area (Å²) in [5.74, 6) is 0.688. The minimum Gasteiger partial charge on any atom is -0.493 e. The number of aryl methyl sites for hydroxylation is 1. The van der Waals surface area contributed by atoms with Gasteiger partial charge in [-0.1, -0.05) is 49.7 Å². The zero-order valence-corrected chi connectivity index (χ0v) is 23.1. The van der Waals surface area contributed by atoms with Crippen LogP contribution in [0.5, 0.6) is 5.75 Å². The lowest BCUT2D eigenvalue weighted by atomic mass is 9.95. The molecule has 0 fully saturated rings. The second-order valence-electron chi connectivity index (χ2n) is 10.8. The molecule has 1 unspecified atom stereocenters. The Morgan fingerprint density at radius 2 is 1.62 bits per heavy atom. The zero-order chi connectivity index (χ0) is 28.0. The third-order valence-electron chi connectivity index (χ3n) is 6.56. The Hall–Kier alpha value is -4.13. The van der Waals surface area contributed by atoms with Gasteiger partial charge in [-0.2, -0.15) is 0 Å². The van der Waals surface area contributed by atoms with Gasteiger partial charge in [-0.15, -0.1) is 0 Å². The molecule has 0 spiro atoms. The highest BCUT2D eigenvalue weighted by Crippen LogP contribution is 2.36. The Morgan fingerprint density at radius 1 is 0.974 bits per heavy atom. The number of amides is 2. The van der Waals surface area contributed by atoms with Crippen molar-refractivity contribution in [3.8, 4) is 16.9 Å². The van der Waals surface area contributed by atoms with E-state index in [9.17, 15) is 9.59 Å². The van der Waals surface area contributed by atoms with Crippen LogP contribution in [0.2, 0.25) is 0 Å². The standard InChI is InChI=1S/C32H37N3O4/c1-5-6-21-7-9-22(10-8-21)23-11-13-24(14-12-23)30(36)34-18-17-26-20-38-28-16-15-25(19-27(26)28)29(33)35-31(37)39-32(2,3)4/h7-16,19,26H,5-6,17-18,20H2,1-4H3,(H,34,36)(H2,33,35,37). The average molecular weight is 528 g/mol. The summed E-state index contributed by atoms with van der Waals surface area (Å²) >= 11 is 0. The van der Waals surface area contributed by atoms with Crippen LogP contribution >= 0.6 is 0 Å². The van der Waals surface area contributed by atoms with Crippen LogP contribution in [0.15, 0.2) is 66.7 Å². The predicted octanol–water partition coefficient (Wildman–Crippen LogP) is 6.45. The Balaban J connectivity index is 1.30. The van der Waals surface area contributed by atoms with Gasteiger partial charge >= 0.3 is 6.09 Å². The van der Waals surface area contributed by atoms with Gasteiger partial charge in [0, 0.05) is 29.2 Å². The van der Waals surface area contributed by atoms with Crippen molar-refractivity contribution in [2.75, 3.05) is 13.2 Å². The van der Waals surface area contributed by atoms with Gasteiger partial charge in [0.1, 0.15) is 17.2 Å². The molecule has 0 aliphatic carbocycles. The van der Waals surface area contributed by atoms with E-state index >= 15 is 0 Å². The molecule has 1 aliphatic rings. The molecule has 0 radical (unpaired) electrons. The third-order valence-corrected chi connectivity index (χ3v) is 6.56. The molecular weight excluding hydrogens is 490 g/mol. The van der Waals surface area contributed by atoms with Crippen LogP contribution in [0.1, 0.15) is 73.5 Å². The summed E-state index contributed by atoms with van der Waals surface area (Å²) in [5.41, 5.74) is 5.06. The maximum atomic E-state index is 12.8. The van der Waals surface area contributed by atoms with Gasteiger partial charge in [-0.3, -0.25) is 15.5 Å². The molecule has 204 valence electrons. The highest BCUT2D eigenvalue weighted by atomic mass is 16.6. The Labute approximate surface area is 230 Å². The van der Waals surface area contributed by atoms with Gasteiger partial charge in [-0.25, -0.2) is 4.79 Å². The summed E-state index contributed by atoms with van der Waals surface area (Å²) in [6.07, 6.45) is 2.23. The van der Waals surface area contributed by atoms with Crippen LogP contribution in [0.25, 0.3) is 11.1 Å². The van der Waals surface area contributed by atoms with Gasteiger partial charge in [0.05, 0.1) is 6.61 Å². The van der Waals surface area contributed by atoms with Crippen molar-refractivity contribution < 1.29 is 19.1 Å². The maximum Gasteiger partial charge on any atom is 0.413 e. The van der Waals surface area contributed by atoms with Crippen molar-refractivity contribution >= 4 is 17.8 Å². The first-order chi connectivity index (χ1) is 18.6. The van der Waals surface area contributed by atoms with Crippen molar-refractivity contribution in [2.24, 2.45) is 0 Å². The maximum absolute atomic E-state index is 12.8. The van der Waals surface area contributed by atoms with E-state index in [-0.39, 0.29) is 17.7 Å². The SMILES string of the molecule is CCCc1ccc(-c2ccc(C(=O)NCCC3COc4ccc(C(=N)NC(=O)OC(C)(C)C)cc43)cc2)cc1. The van der Waals surface area contributed by atoms with E-state index in [0.717, 1.165) is 35.3 Å². The number of hydrogen-bond donors (Lipinski definition) is 3. The van der Waals surface area contributed by atoms with Gasteiger partial charge in [-0.05, 0) is 80.6 Å². The number of ether oxygens (including phenoxy) is 2. The Morgan fingerprint density at radius 3 is 2.26 bits per heavy atom. The number of hydrogen-bond acceptors (Lipinski definition) is 5. The van der Waals surface area contributed by atoms with E-state index in [1.165, 1.54) is 5.56 Å². The summed E-state index contributed by atoms with van der Waals surface area (Å²) in [7, 11) is 0. The monoisotopic (exact) mass is 527 g/mol. The summed E-state index contributed by atoms with van der Waals surface area (Å²) in [5, 5.41) is 13.8. The Bertz CT molecular complexity index is 1330. The van der Waals surface area contributed by atoms with Gasteiger partial charge in [0.25, 0.3) is 5.91 Å². The highest BCUT2D eigenvalue weighted by Gasteiger charge is 2.25. The fourth-order valence-corrected chi connectivity index (χ4v) is 4.58. The minimum absolute atomic E-state index is 0.0358. The lowest BCUT2D eigenvalue weighted by Gasteiger charge is -2.20. The molecule has 4 rings (SSSR count). The van der Waals surface area contributed by atoms with Crippen LogP contribution in [0.3, 0.4) is 0 Å². The van der Waals surface area contributed by atoms with Crippen molar-refractivity contribution in [1.29, 1.82) is 5.41 Å². The minimum atomic E-state index is -0.665. The molecular formula is C32H37N3O4. The number of carbonyl (C=O) groups is 2. The largest absolute Gasteiger partial charge is 0.493 e. The third kappa shape index (κ3) is 7.47. The average Bonchev–Trinajstić information content (AvgIpc) is 3.30. The van der Waals surface area contributed by atoms with E-state index in [4.69, 9.17) is 14.9 Å². The number of alkyl carbamates (subject to hydrolysis) is 1. The molecule has 7 nitrogen and oxygen atoms in total. The van der Waals surface area contributed by atoms with Crippen molar-refractivity contribution in [3.05, 3.63) is 89.0 Å². The summed E-state index contributed by atoms with van der Waals surface area (Å²) < 4.78 is 11.1. The van der Waals surface area contributed by atoms with E-state index in [1.54, 1.807) is 26.8 Å². The van der Waals surface area contributed by atoms with Crippen LogP contribution < -0.4 is 15.4 Å². The molecule has 3 N–H and O–H groups in total. The Kier molecular flexibility index (Phi) is 8.69. The summed E-state index contributed by atoms with van der Waals surface area (Å²) in [6.45, 7) is 8.49. The second kappa shape index (κ2) is 12.2. The fourth-order valence-electron chi connectivity index (χ4n) is 4.58. The summed E-state index contributed by atoms with van der Waals surface area (Å²) in [4.78, 5) is 24.8. The molecule has 3 aromatic rings. The molecule has 3 aromatic carbocycles. The van der Waals surface area contributed by atoms with E-state index in [1.807, 2.05) is 36.4 Å². The van der Waals surface area contributed by atoms with Crippen LogP contribution in [-0.2, 0) is 11.2 Å². The van der Waals surface area contributed by atoms with Gasteiger partial charge < -0.3 is 14.8 Å².